The number of halogens is 1. The highest BCUT2D eigenvalue weighted by atomic mass is 19.1. The maximum Gasteiger partial charge on any atom is 0.123 e. The molecule has 1 N–H and O–H groups in total. The first kappa shape index (κ1) is 16.1. The van der Waals surface area contributed by atoms with Crippen LogP contribution in [0.2, 0.25) is 0 Å². The number of ether oxygens (including phenoxy) is 1. The third kappa shape index (κ3) is 3.66. The van der Waals surface area contributed by atoms with E-state index in [9.17, 15) is 4.39 Å². The largest absolute Gasteiger partial charge is 0.493 e. The Morgan fingerprint density at radius 3 is 3.12 bits per heavy atom. The van der Waals surface area contributed by atoms with Crippen LogP contribution in [0, 0.1) is 5.82 Å². The Hall–Kier alpha value is -2.40. The first-order valence-corrected chi connectivity index (χ1v) is 8.81. The number of rotatable bonds is 4. The Balaban J connectivity index is 1.47. The molecule has 1 fully saturated rings. The molecule has 2 heterocycles. The van der Waals surface area contributed by atoms with Crippen molar-refractivity contribution < 1.29 is 9.13 Å². The van der Waals surface area contributed by atoms with Crippen molar-refractivity contribution in [3.8, 4) is 5.75 Å². The molecule has 4 rings (SSSR count). The average molecular weight is 339 g/mol. The van der Waals surface area contributed by atoms with E-state index in [4.69, 9.17) is 4.74 Å². The van der Waals surface area contributed by atoms with Crippen LogP contribution < -0.4 is 15.0 Å². The molecule has 4 nitrogen and oxygen atoms in total. The third-order valence-corrected chi connectivity index (χ3v) is 4.76. The summed E-state index contributed by atoms with van der Waals surface area (Å²) in [5, 5.41) is 3.45. The van der Waals surface area contributed by atoms with Crippen molar-refractivity contribution in [2.24, 2.45) is 4.99 Å². The van der Waals surface area contributed by atoms with Crippen LogP contribution in [-0.2, 0) is 6.42 Å². The molecule has 130 valence electrons. The normalized spacial score (nSPS) is 19.1. The van der Waals surface area contributed by atoms with Gasteiger partial charge in [-0.3, -0.25) is 4.99 Å². The molecule has 0 amide bonds. The van der Waals surface area contributed by atoms with Gasteiger partial charge >= 0.3 is 0 Å². The summed E-state index contributed by atoms with van der Waals surface area (Å²) in [4.78, 5) is 7.03. The van der Waals surface area contributed by atoms with Crippen LogP contribution in [0.3, 0.4) is 0 Å². The molecule has 1 atom stereocenters. The summed E-state index contributed by atoms with van der Waals surface area (Å²) in [6.45, 7) is 3.47. The Morgan fingerprint density at radius 2 is 2.20 bits per heavy atom. The monoisotopic (exact) mass is 339 g/mol. The predicted octanol–water partition coefficient (Wildman–Crippen LogP) is 3.33. The summed E-state index contributed by atoms with van der Waals surface area (Å²) in [6.07, 6.45) is 3.65. The Kier molecular flexibility index (Phi) is 4.65. The molecular weight excluding hydrogens is 317 g/mol. The minimum atomic E-state index is -0.204. The maximum atomic E-state index is 13.2. The highest BCUT2D eigenvalue weighted by Gasteiger charge is 2.25. The minimum Gasteiger partial charge on any atom is -0.493 e. The molecule has 5 heteroatoms. The van der Waals surface area contributed by atoms with Gasteiger partial charge in [-0.25, -0.2) is 4.39 Å². The van der Waals surface area contributed by atoms with E-state index >= 15 is 0 Å². The van der Waals surface area contributed by atoms with Crippen molar-refractivity contribution in [3.63, 3.8) is 0 Å². The van der Waals surface area contributed by atoms with Gasteiger partial charge in [0.1, 0.15) is 11.6 Å². The molecule has 0 saturated carbocycles. The van der Waals surface area contributed by atoms with Gasteiger partial charge in [0.05, 0.1) is 18.0 Å². The van der Waals surface area contributed by atoms with Gasteiger partial charge in [0.25, 0.3) is 0 Å². The molecule has 0 spiro atoms. The second kappa shape index (κ2) is 7.23. The summed E-state index contributed by atoms with van der Waals surface area (Å²) in [6, 6.07) is 13.2. The van der Waals surface area contributed by atoms with Crippen LogP contribution in [0.25, 0.3) is 0 Å². The molecule has 25 heavy (non-hydrogen) atoms. The number of anilines is 1. The quantitative estimate of drug-likeness (QED) is 0.928. The molecule has 2 aliphatic heterocycles. The molecule has 1 unspecified atom stereocenters. The van der Waals surface area contributed by atoms with Crippen LogP contribution in [0.4, 0.5) is 15.8 Å². The number of hydrogen-bond donors (Lipinski definition) is 1. The number of aliphatic imine (C=N–C) groups is 1. The second-order valence-electron chi connectivity index (χ2n) is 6.48. The summed E-state index contributed by atoms with van der Waals surface area (Å²) >= 11 is 0. The smallest absolute Gasteiger partial charge is 0.123 e. The van der Waals surface area contributed by atoms with Crippen LogP contribution in [0.15, 0.2) is 47.5 Å². The van der Waals surface area contributed by atoms with Gasteiger partial charge in [0.2, 0.25) is 0 Å². The highest BCUT2D eigenvalue weighted by molar-refractivity contribution is 5.78. The summed E-state index contributed by atoms with van der Waals surface area (Å²) in [5.74, 6) is 0.634. The van der Waals surface area contributed by atoms with Crippen molar-refractivity contribution in [1.82, 2.24) is 5.32 Å². The lowest BCUT2D eigenvalue weighted by atomic mass is 10.1. The number of hydrogen-bond acceptors (Lipinski definition) is 4. The van der Waals surface area contributed by atoms with Crippen molar-refractivity contribution in [3.05, 3.63) is 53.8 Å². The summed E-state index contributed by atoms with van der Waals surface area (Å²) < 4.78 is 19.2. The second-order valence-corrected chi connectivity index (χ2v) is 6.48. The molecule has 0 aromatic heterocycles. The SMILES string of the molecule is Fc1cccc(CCOc2ccc3c(c2)N2CCNCC2CC=N3)c1. The van der Waals surface area contributed by atoms with E-state index in [0.29, 0.717) is 19.1 Å². The molecule has 2 aromatic rings. The number of fused-ring (bicyclic) bond motifs is 3. The first-order chi connectivity index (χ1) is 12.3. The number of nitrogens with one attached hydrogen (secondary N) is 1. The fraction of sp³-hybridized carbons (Fsp3) is 0.350. The van der Waals surface area contributed by atoms with Crippen LogP contribution >= 0.6 is 0 Å². The molecular formula is C20H22FN3O. The molecule has 2 aliphatic rings. The zero-order valence-corrected chi connectivity index (χ0v) is 14.1. The molecule has 1 saturated heterocycles. The van der Waals surface area contributed by atoms with Gasteiger partial charge < -0.3 is 15.0 Å². The van der Waals surface area contributed by atoms with Crippen molar-refractivity contribution in [1.29, 1.82) is 0 Å². The Labute approximate surface area is 147 Å². The first-order valence-electron chi connectivity index (χ1n) is 8.81. The number of nitrogens with zero attached hydrogens (tertiary/aromatic N) is 2. The molecule has 0 bridgehead atoms. The Morgan fingerprint density at radius 1 is 1.24 bits per heavy atom. The van der Waals surface area contributed by atoms with E-state index in [1.165, 1.54) is 6.07 Å². The van der Waals surface area contributed by atoms with E-state index in [0.717, 1.165) is 48.7 Å². The highest BCUT2D eigenvalue weighted by Crippen LogP contribution is 2.36. The third-order valence-electron chi connectivity index (χ3n) is 4.76. The average Bonchev–Trinajstić information content (AvgIpc) is 2.81. The van der Waals surface area contributed by atoms with E-state index in [-0.39, 0.29) is 5.82 Å². The fourth-order valence-electron chi connectivity index (χ4n) is 3.47. The van der Waals surface area contributed by atoms with Crippen LogP contribution in [0.1, 0.15) is 12.0 Å². The lowest BCUT2D eigenvalue weighted by molar-refractivity contribution is 0.321. The van der Waals surface area contributed by atoms with Crippen molar-refractivity contribution in [2.75, 3.05) is 31.1 Å². The van der Waals surface area contributed by atoms with Gasteiger partial charge in [-0.2, -0.15) is 0 Å². The van der Waals surface area contributed by atoms with Gasteiger partial charge in [0.15, 0.2) is 0 Å². The Bertz CT molecular complexity index is 777. The van der Waals surface area contributed by atoms with Crippen molar-refractivity contribution >= 4 is 17.6 Å². The van der Waals surface area contributed by atoms with E-state index in [2.05, 4.69) is 21.3 Å². The van der Waals surface area contributed by atoms with E-state index in [1.54, 1.807) is 12.1 Å². The van der Waals surface area contributed by atoms with Crippen LogP contribution in [-0.4, -0.2) is 38.5 Å². The number of benzene rings is 2. The number of piperazine rings is 1. The van der Waals surface area contributed by atoms with Gasteiger partial charge in [-0.05, 0) is 29.8 Å². The van der Waals surface area contributed by atoms with E-state index < -0.39 is 0 Å². The van der Waals surface area contributed by atoms with Gasteiger partial charge in [-0.15, -0.1) is 0 Å². The zero-order chi connectivity index (χ0) is 17.1. The van der Waals surface area contributed by atoms with Crippen LogP contribution in [0.5, 0.6) is 5.75 Å². The lowest BCUT2D eigenvalue weighted by Crippen LogP contribution is -2.51. The van der Waals surface area contributed by atoms with Crippen molar-refractivity contribution in [2.45, 2.75) is 18.9 Å². The molecule has 0 radical (unpaired) electrons. The predicted molar refractivity (Wildman–Crippen MR) is 98.8 cm³/mol. The molecule has 0 aliphatic carbocycles. The minimum absolute atomic E-state index is 0.204. The fourth-order valence-corrected chi connectivity index (χ4v) is 3.47. The van der Waals surface area contributed by atoms with E-state index in [1.807, 2.05) is 24.4 Å². The standard InChI is InChI=1S/C20H22FN3O/c21-16-3-1-2-15(12-16)7-11-25-18-4-5-19-20(13-18)24-10-9-22-14-17(24)6-8-23-19/h1-5,8,12-13,17,22H,6-7,9-11,14H2. The summed E-state index contributed by atoms with van der Waals surface area (Å²) in [7, 11) is 0. The topological polar surface area (TPSA) is 36.9 Å². The van der Waals surface area contributed by atoms with Gasteiger partial charge in [0, 0.05) is 50.8 Å². The maximum absolute atomic E-state index is 13.2. The molecule has 2 aromatic carbocycles. The summed E-state index contributed by atoms with van der Waals surface area (Å²) in [5.41, 5.74) is 3.09. The van der Waals surface area contributed by atoms with Gasteiger partial charge in [-0.1, -0.05) is 12.1 Å². The lowest BCUT2D eigenvalue weighted by Gasteiger charge is -2.37. The zero-order valence-electron chi connectivity index (χ0n) is 14.1.